The Labute approximate surface area is 205 Å². The topological polar surface area (TPSA) is 45.2 Å². The number of aryl methyl sites for hydroxylation is 1. The standard InChI is InChI=1S/C30H30FN3O/c1-20-28(33-30(35)24-8-6-22(7-9-24)23-10-13-27(31)14-11-23)15-12-25-18-26(19-32-29(20)25)21(2)34-16-4-3-5-17-34/h6-15,18-19,21H,3-5,16-17H2,1-2H3,(H,33,35). The van der Waals surface area contributed by atoms with Crippen molar-refractivity contribution in [1.29, 1.82) is 0 Å². The predicted octanol–water partition coefficient (Wildman–Crippen LogP) is 7.15. The van der Waals surface area contributed by atoms with Crippen LogP contribution in [-0.4, -0.2) is 28.9 Å². The summed E-state index contributed by atoms with van der Waals surface area (Å²) in [5, 5.41) is 4.13. The molecule has 3 aromatic carbocycles. The Morgan fingerprint density at radius 2 is 1.60 bits per heavy atom. The number of pyridine rings is 1. The Bertz CT molecular complexity index is 1340. The second-order valence-corrected chi connectivity index (χ2v) is 9.39. The second kappa shape index (κ2) is 9.96. The van der Waals surface area contributed by atoms with E-state index in [9.17, 15) is 9.18 Å². The van der Waals surface area contributed by atoms with Crippen LogP contribution in [0.15, 0.2) is 72.9 Å². The highest BCUT2D eigenvalue weighted by atomic mass is 19.1. The summed E-state index contributed by atoms with van der Waals surface area (Å²) in [7, 11) is 0. The summed E-state index contributed by atoms with van der Waals surface area (Å²) in [6.45, 7) is 6.55. The van der Waals surface area contributed by atoms with Crippen LogP contribution < -0.4 is 5.32 Å². The fourth-order valence-electron chi connectivity index (χ4n) is 4.90. The number of carbonyl (C=O) groups excluding carboxylic acids is 1. The number of benzene rings is 3. The fourth-order valence-corrected chi connectivity index (χ4v) is 4.90. The molecule has 1 amide bonds. The fraction of sp³-hybridized carbons (Fsp3) is 0.267. The molecule has 178 valence electrons. The monoisotopic (exact) mass is 467 g/mol. The molecule has 4 nitrogen and oxygen atoms in total. The minimum atomic E-state index is -0.266. The lowest BCUT2D eigenvalue weighted by Crippen LogP contribution is -2.32. The van der Waals surface area contributed by atoms with Crippen molar-refractivity contribution >= 4 is 22.5 Å². The van der Waals surface area contributed by atoms with Gasteiger partial charge >= 0.3 is 0 Å². The molecule has 35 heavy (non-hydrogen) atoms. The highest BCUT2D eigenvalue weighted by Crippen LogP contribution is 2.29. The maximum absolute atomic E-state index is 13.2. The van der Waals surface area contributed by atoms with Crippen LogP contribution in [0.2, 0.25) is 0 Å². The largest absolute Gasteiger partial charge is 0.322 e. The molecule has 5 heteroatoms. The molecular weight excluding hydrogens is 437 g/mol. The lowest BCUT2D eigenvalue weighted by Gasteiger charge is -2.32. The number of likely N-dealkylation sites (tertiary alicyclic amines) is 1. The van der Waals surface area contributed by atoms with E-state index in [1.807, 2.05) is 37.4 Å². The quantitative estimate of drug-likeness (QED) is 0.339. The van der Waals surface area contributed by atoms with Crippen LogP contribution in [0.4, 0.5) is 10.1 Å². The molecule has 0 aliphatic carbocycles. The molecule has 0 saturated carbocycles. The van der Waals surface area contributed by atoms with Gasteiger partial charge in [0.15, 0.2) is 0 Å². The molecule has 1 aliphatic rings. The number of rotatable bonds is 5. The summed E-state index contributed by atoms with van der Waals surface area (Å²) in [6, 6.07) is 20.2. The van der Waals surface area contributed by atoms with E-state index in [0.717, 1.165) is 46.4 Å². The van der Waals surface area contributed by atoms with Crippen LogP contribution in [0, 0.1) is 12.7 Å². The number of halogens is 1. The van der Waals surface area contributed by atoms with Crippen molar-refractivity contribution < 1.29 is 9.18 Å². The first-order valence-electron chi connectivity index (χ1n) is 12.3. The van der Waals surface area contributed by atoms with E-state index in [1.165, 1.54) is 37.0 Å². The Hall–Kier alpha value is -3.57. The molecule has 5 rings (SSSR count). The third kappa shape index (κ3) is 4.96. The molecule has 1 unspecified atom stereocenters. The number of fused-ring (bicyclic) bond motifs is 1. The van der Waals surface area contributed by atoms with Gasteiger partial charge in [-0.05, 0) is 98.4 Å². The first kappa shape index (κ1) is 23.2. The maximum atomic E-state index is 13.2. The van der Waals surface area contributed by atoms with Crippen LogP contribution in [0.5, 0.6) is 0 Å². The van der Waals surface area contributed by atoms with Crippen molar-refractivity contribution in [3.05, 3.63) is 95.4 Å². The molecular formula is C30H30FN3O. The van der Waals surface area contributed by atoms with Crippen LogP contribution in [0.3, 0.4) is 0 Å². The van der Waals surface area contributed by atoms with Gasteiger partial charge in [0.1, 0.15) is 5.82 Å². The minimum Gasteiger partial charge on any atom is -0.322 e. The van der Waals surface area contributed by atoms with E-state index < -0.39 is 0 Å². The zero-order valence-corrected chi connectivity index (χ0v) is 20.2. The molecule has 1 aromatic heterocycles. The zero-order valence-electron chi connectivity index (χ0n) is 20.2. The van der Waals surface area contributed by atoms with Gasteiger partial charge in [-0.1, -0.05) is 36.8 Å². The lowest BCUT2D eigenvalue weighted by molar-refractivity contribution is 0.102. The number of nitrogens with one attached hydrogen (secondary N) is 1. The van der Waals surface area contributed by atoms with Crippen molar-refractivity contribution in [2.24, 2.45) is 0 Å². The normalized spacial score (nSPS) is 15.2. The molecule has 0 bridgehead atoms. The van der Waals surface area contributed by atoms with Gasteiger partial charge in [-0.3, -0.25) is 14.7 Å². The molecule has 1 saturated heterocycles. The van der Waals surface area contributed by atoms with Gasteiger partial charge in [0.25, 0.3) is 5.91 Å². The van der Waals surface area contributed by atoms with Crippen LogP contribution in [0.1, 0.15) is 53.7 Å². The molecule has 4 aromatic rings. The average molecular weight is 468 g/mol. The number of nitrogens with zero attached hydrogens (tertiary/aromatic N) is 2. The zero-order chi connectivity index (χ0) is 24.4. The van der Waals surface area contributed by atoms with Crippen molar-refractivity contribution in [3.8, 4) is 11.1 Å². The number of hydrogen-bond acceptors (Lipinski definition) is 3. The number of carbonyl (C=O) groups is 1. The summed E-state index contributed by atoms with van der Waals surface area (Å²) in [5.41, 5.74) is 6.26. The predicted molar refractivity (Wildman–Crippen MR) is 140 cm³/mol. The van der Waals surface area contributed by atoms with Crippen LogP contribution >= 0.6 is 0 Å². The summed E-state index contributed by atoms with van der Waals surface area (Å²) >= 11 is 0. The Balaban J connectivity index is 1.32. The van der Waals surface area contributed by atoms with Gasteiger partial charge in [-0.15, -0.1) is 0 Å². The van der Waals surface area contributed by atoms with Crippen molar-refractivity contribution in [3.63, 3.8) is 0 Å². The molecule has 1 aliphatic heterocycles. The van der Waals surface area contributed by atoms with Crippen LogP contribution in [0.25, 0.3) is 22.0 Å². The van der Waals surface area contributed by atoms with Crippen molar-refractivity contribution in [2.45, 2.75) is 39.2 Å². The van der Waals surface area contributed by atoms with E-state index >= 15 is 0 Å². The first-order chi connectivity index (χ1) is 17.0. The Morgan fingerprint density at radius 1 is 0.943 bits per heavy atom. The number of amides is 1. The summed E-state index contributed by atoms with van der Waals surface area (Å²) in [4.78, 5) is 20.2. The van der Waals surface area contributed by atoms with Gasteiger partial charge in [-0.2, -0.15) is 0 Å². The molecule has 2 heterocycles. The minimum absolute atomic E-state index is 0.173. The van der Waals surface area contributed by atoms with E-state index in [-0.39, 0.29) is 11.7 Å². The number of aromatic nitrogens is 1. The third-order valence-electron chi connectivity index (χ3n) is 7.12. The highest BCUT2D eigenvalue weighted by Gasteiger charge is 2.19. The molecule has 1 fully saturated rings. The summed E-state index contributed by atoms with van der Waals surface area (Å²) in [6.07, 6.45) is 5.84. The van der Waals surface area contributed by atoms with Gasteiger partial charge in [0.05, 0.1) is 5.52 Å². The van der Waals surface area contributed by atoms with E-state index in [4.69, 9.17) is 4.98 Å². The molecule has 0 spiro atoms. The lowest BCUT2D eigenvalue weighted by atomic mass is 10.0. The van der Waals surface area contributed by atoms with Gasteiger partial charge in [-0.25, -0.2) is 4.39 Å². The number of hydrogen-bond donors (Lipinski definition) is 1. The Morgan fingerprint density at radius 3 is 2.29 bits per heavy atom. The van der Waals surface area contributed by atoms with Gasteiger partial charge in [0.2, 0.25) is 0 Å². The molecule has 0 radical (unpaired) electrons. The van der Waals surface area contributed by atoms with Crippen molar-refractivity contribution in [2.75, 3.05) is 18.4 Å². The SMILES string of the molecule is Cc1c(NC(=O)c2ccc(-c3ccc(F)cc3)cc2)ccc2cc(C(C)N3CCCCC3)cnc12. The third-order valence-corrected chi connectivity index (χ3v) is 7.12. The van der Waals surface area contributed by atoms with Crippen LogP contribution in [-0.2, 0) is 0 Å². The Kier molecular flexibility index (Phi) is 6.60. The smallest absolute Gasteiger partial charge is 0.255 e. The average Bonchev–Trinajstić information content (AvgIpc) is 2.90. The molecule has 1 atom stereocenters. The molecule has 1 N–H and O–H groups in total. The first-order valence-corrected chi connectivity index (χ1v) is 12.3. The summed E-state index contributed by atoms with van der Waals surface area (Å²) < 4.78 is 13.2. The van der Waals surface area contributed by atoms with Crippen molar-refractivity contribution in [1.82, 2.24) is 9.88 Å². The van der Waals surface area contributed by atoms with Gasteiger partial charge in [0, 0.05) is 28.9 Å². The van der Waals surface area contributed by atoms with Gasteiger partial charge < -0.3 is 5.32 Å². The number of anilines is 1. The van der Waals surface area contributed by atoms with E-state index in [1.54, 1.807) is 24.3 Å². The second-order valence-electron chi connectivity index (χ2n) is 9.39. The van der Waals surface area contributed by atoms with E-state index in [0.29, 0.717) is 11.6 Å². The highest BCUT2D eigenvalue weighted by molar-refractivity contribution is 6.06. The summed E-state index contributed by atoms with van der Waals surface area (Å²) in [5.74, 6) is -0.439. The maximum Gasteiger partial charge on any atom is 0.255 e. The number of piperidine rings is 1. The van der Waals surface area contributed by atoms with E-state index in [2.05, 4.69) is 23.2 Å².